The summed E-state index contributed by atoms with van der Waals surface area (Å²) in [6, 6.07) is 8.27. The third-order valence-corrected chi connectivity index (χ3v) is 4.91. The highest BCUT2D eigenvalue weighted by Crippen LogP contribution is 2.30. The van der Waals surface area contributed by atoms with Crippen molar-refractivity contribution in [1.29, 1.82) is 0 Å². The number of esters is 1. The molecule has 28 heavy (non-hydrogen) atoms. The summed E-state index contributed by atoms with van der Waals surface area (Å²) in [6.07, 6.45) is -4.57. The fraction of sp³-hybridized carbons (Fsp3) is 0.176. The molecule has 0 saturated heterocycles. The Morgan fingerprint density at radius 1 is 1.00 bits per heavy atom. The van der Waals surface area contributed by atoms with E-state index in [1.54, 1.807) is 0 Å². The number of benzene rings is 2. The van der Waals surface area contributed by atoms with Gasteiger partial charge in [0.25, 0.3) is 15.9 Å². The first-order chi connectivity index (χ1) is 13.0. The molecule has 150 valence electrons. The molecule has 1 amide bonds. The minimum absolute atomic E-state index is 0.101. The highest BCUT2D eigenvalue weighted by molar-refractivity contribution is 7.92. The molecule has 0 aliphatic rings. The first-order valence-electron chi connectivity index (χ1n) is 7.68. The number of hydrogen-bond donors (Lipinski definition) is 2. The van der Waals surface area contributed by atoms with E-state index in [9.17, 15) is 31.2 Å². The molecule has 0 aliphatic carbocycles. The minimum Gasteiger partial charge on any atom is -0.468 e. The van der Waals surface area contributed by atoms with Crippen LogP contribution in [0.1, 0.15) is 15.9 Å². The number of rotatable bonds is 6. The fourth-order valence-corrected chi connectivity index (χ4v) is 3.11. The lowest BCUT2D eigenvalue weighted by Crippen LogP contribution is -2.30. The fourth-order valence-electron chi connectivity index (χ4n) is 2.05. The number of carbonyl (C=O) groups excluding carboxylic acids is 2. The van der Waals surface area contributed by atoms with Crippen LogP contribution in [0.4, 0.5) is 18.9 Å². The normalized spacial score (nSPS) is 11.6. The second kappa shape index (κ2) is 8.30. The standard InChI is InChI=1S/C17H15F3N2O5S/c1-27-15(23)10-21-16(24)11-2-6-13(7-3-11)22-28(25,26)14-8-4-12(5-9-14)17(18,19)20/h2-9,22H,10H2,1H3,(H,21,24). The van der Waals surface area contributed by atoms with E-state index in [2.05, 4.69) is 14.8 Å². The Balaban J connectivity index is 2.08. The largest absolute Gasteiger partial charge is 0.468 e. The number of halogens is 3. The molecule has 0 spiro atoms. The first-order valence-corrected chi connectivity index (χ1v) is 9.16. The van der Waals surface area contributed by atoms with E-state index in [0.29, 0.717) is 12.1 Å². The molecule has 7 nitrogen and oxygen atoms in total. The van der Waals surface area contributed by atoms with Gasteiger partial charge in [0.1, 0.15) is 6.54 Å². The average Bonchev–Trinajstić information content (AvgIpc) is 2.65. The van der Waals surface area contributed by atoms with Crippen LogP contribution < -0.4 is 10.0 Å². The first kappa shape index (κ1) is 21.2. The molecule has 0 aliphatic heterocycles. The Morgan fingerprint density at radius 3 is 2.07 bits per heavy atom. The van der Waals surface area contributed by atoms with Gasteiger partial charge >= 0.3 is 12.1 Å². The Labute approximate surface area is 158 Å². The Morgan fingerprint density at radius 2 is 1.57 bits per heavy atom. The topological polar surface area (TPSA) is 102 Å². The third kappa shape index (κ3) is 5.46. The number of ether oxygens (including phenoxy) is 1. The predicted molar refractivity (Wildman–Crippen MR) is 93.0 cm³/mol. The van der Waals surface area contributed by atoms with Crippen LogP contribution in [0.15, 0.2) is 53.4 Å². The zero-order valence-electron chi connectivity index (χ0n) is 14.4. The van der Waals surface area contributed by atoms with E-state index >= 15 is 0 Å². The third-order valence-electron chi connectivity index (χ3n) is 3.51. The van der Waals surface area contributed by atoms with E-state index in [1.165, 1.54) is 31.4 Å². The van der Waals surface area contributed by atoms with Gasteiger partial charge in [0.2, 0.25) is 0 Å². The highest BCUT2D eigenvalue weighted by atomic mass is 32.2. The number of carbonyl (C=O) groups is 2. The van der Waals surface area contributed by atoms with Gasteiger partial charge in [0.15, 0.2) is 0 Å². The maximum absolute atomic E-state index is 12.6. The van der Waals surface area contributed by atoms with Crippen molar-refractivity contribution in [3.8, 4) is 0 Å². The summed E-state index contributed by atoms with van der Waals surface area (Å²) >= 11 is 0. The van der Waals surface area contributed by atoms with E-state index in [1.807, 2.05) is 0 Å². The number of hydrogen-bond acceptors (Lipinski definition) is 5. The molecular weight excluding hydrogens is 401 g/mol. The molecule has 2 aromatic carbocycles. The maximum atomic E-state index is 12.6. The van der Waals surface area contributed by atoms with Crippen LogP contribution >= 0.6 is 0 Å². The van der Waals surface area contributed by atoms with Crippen LogP contribution in [0.5, 0.6) is 0 Å². The van der Waals surface area contributed by atoms with Crippen LogP contribution in [0.2, 0.25) is 0 Å². The number of methoxy groups -OCH3 is 1. The van der Waals surface area contributed by atoms with Crippen LogP contribution in [0.25, 0.3) is 0 Å². The van der Waals surface area contributed by atoms with Crippen molar-refractivity contribution in [2.75, 3.05) is 18.4 Å². The van der Waals surface area contributed by atoms with Gasteiger partial charge in [0.05, 0.1) is 17.6 Å². The van der Waals surface area contributed by atoms with E-state index in [4.69, 9.17) is 0 Å². The SMILES string of the molecule is COC(=O)CNC(=O)c1ccc(NS(=O)(=O)c2ccc(C(F)(F)F)cc2)cc1. The van der Waals surface area contributed by atoms with Gasteiger partial charge in [-0.15, -0.1) is 0 Å². The Hall–Kier alpha value is -3.08. The monoisotopic (exact) mass is 416 g/mol. The quantitative estimate of drug-likeness (QED) is 0.705. The van der Waals surface area contributed by atoms with Crippen LogP contribution in [-0.4, -0.2) is 33.9 Å². The van der Waals surface area contributed by atoms with Gasteiger partial charge in [-0.1, -0.05) is 0 Å². The zero-order valence-corrected chi connectivity index (χ0v) is 15.2. The molecule has 11 heteroatoms. The lowest BCUT2D eigenvalue weighted by Gasteiger charge is -2.11. The Kier molecular flexibility index (Phi) is 6.29. The van der Waals surface area contributed by atoms with E-state index in [0.717, 1.165) is 12.1 Å². The van der Waals surface area contributed by atoms with Gasteiger partial charge in [0, 0.05) is 11.3 Å². The van der Waals surface area contributed by atoms with Crippen molar-refractivity contribution in [1.82, 2.24) is 5.32 Å². The molecule has 0 fully saturated rings. The summed E-state index contributed by atoms with van der Waals surface area (Å²) in [7, 11) is -2.94. The van der Waals surface area contributed by atoms with Gasteiger partial charge < -0.3 is 10.1 Å². The van der Waals surface area contributed by atoms with Gasteiger partial charge in [-0.25, -0.2) is 8.42 Å². The molecule has 2 rings (SSSR count). The highest BCUT2D eigenvalue weighted by Gasteiger charge is 2.30. The zero-order chi connectivity index (χ0) is 20.9. The summed E-state index contributed by atoms with van der Waals surface area (Å²) in [6.45, 7) is -0.322. The van der Waals surface area contributed by atoms with Crippen molar-refractivity contribution >= 4 is 27.6 Å². The molecule has 2 aromatic rings. The van der Waals surface area contributed by atoms with Crippen molar-refractivity contribution in [3.05, 3.63) is 59.7 Å². The maximum Gasteiger partial charge on any atom is 0.416 e. The van der Waals surface area contributed by atoms with Crippen LogP contribution in [0.3, 0.4) is 0 Å². The van der Waals surface area contributed by atoms with Crippen molar-refractivity contribution in [2.45, 2.75) is 11.1 Å². The second-order valence-electron chi connectivity index (χ2n) is 5.46. The lowest BCUT2D eigenvalue weighted by atomic mass is 10.2. The molecular formula is C17H15F3N2O5S. The van der Waals surface area contributed by atoms with Gasteiger partial charge in [-0.3, -0.25) is 14.3 Å². The van der Waals surface area contributed by atoms with Crippen molar-refractivity contribution in [3.63, 3.8) is 0 Å². The number of amides is 1. The predicted octanol–water partition coefficient (Wildman–Crippen LogP) is 2.41. The molecule has 0 aromatic heterocycles. The van der Waals surface area contributed by atoms with Crippen molar-refractivity contribution < 1.29 is 35.9 Å². The number of anilines is 1. The smallest absolute Gasteiger partial charge is 0.416 e. The van der Waals surface area contributed by atoms with Gasteiger partial charge in [-0.05, 0) is 48.5 Å². The van der Waals surface area contributed by atoms with E-state index in [-0.39, 0.29) is 22.7 Å². The molecule has 0 bridgehead atoms. The number of nitrogens with one attached hydrogen (secondary N) is 2. The van der Waals surface area contributed by atoms with Crippen LogP contribution in [-0.2, 0) is 25.7 Å². The second-order valence-corrected chi connectivity index (χ2v) is 7.15. The average molecular weight is 416 g/mol. The van der Waals surface area contributed by atoms with Crippen LogP contribution in [0, 0.1) is 0 Å². The number of alkyl halides is 3. The molecule has 0 radical (unpaired) electrons. The summed E-state index contributed by atoms with van der Waals surface area (Å²) in [5.41, 5.74) is -0.695. The summed E-state index contributed by atoms with van der Waals surface area (Å²) in [5.74, 6) is -1.20. The molecule has 0 unspecified atom stereocenters. The Bertz CT molecular complexity index is 956. The van der Waals surface area contributed by atoms with Gasteiger partial charge in [-0.2, -0.15) is 13.2 Å². The summed E-state index contributed by atoms with van der Waals surface area (Å²) in [4.78, 5) is 22.5. The number of sulfonamides is 1. The summed E-state index contributed by atoms with van der Waals surface area (Å²) in [5, 5.41) is 2.32. The molecule has 0 heterocycles. The molecule has 0 saturated carbocycles. The molecule has 2 N–H and O–H groups in total. The van der Waals surface area contributed by atoms with Crippen molar-refractivity contribution in [2.24, 2.45) is 0 Å². The molecule has 0 atom stereocenters. The van der Waals surface area contributed by atoms with E-state index < -0.39 is 33.6 Å². The summed E-state index contributed by atoms with van der Waals surface area (Å²) < 4.78 is 68.8. The lowest BCUT2D eigenvalue weighted by molar-refractivity contribution is -0.139. The minimum atomic E-state index is -4.57.